The van der Waals surface area contributed by atoms with Gasteiger partial charge in [-0.1, -0.05) is 6.42 Å². The van der Waals surface area contributed by atoms with E-state index in [1.54, 1.807) is 0 Å². The first-order valence-corrected chi connectivity index (χ1v) is 19.6. The molecule has 0 amide bonds. The molecule has 5 unspecified atom stereocenters. The number of carboxylic acid groups (broad SMARTS) is 3. The summed E-state index contributed by atoms with van der Waals surface area (Å²) < 4.78 is 17.4. The minimum absolute atomic E-state index is 0.0652. The summed E-state index contributed by atoms with van der Waals surface area (Å²) in [6.45, 7) is 1.00. The van der Waals surface area contributed by atoms with Crippen LogP contribution in [0.2, 0.25) is 0 Å². The number of aliphatic carboxylic acids is 3. The number of hydrogen-bond acceptors (Lipinski definition) is 15. The van der Waals surface area contributed by atoms with Crippen molar-refractivity contribution in [1.82, 2.24) is 13.7 Å². The molecule has 3 aromatic heterocycles. The molecule has 1 aliphatic carbocycles. The van der Waals surface area contributed by atoms with Crippen LogP contribution in [-0.4, -0.2) is 103 Å². The number of aromatic nitrogens is 3. The van der Waals surface area contributed by atoms with Crippen LogP contribution in [0.1, 0.15) is 42.8 Å². The van der Waals surface area contributed by atoms with Crippen molar-refractivity contribution < 1.29 is 93.0 Å². The molecule has 12 N–H and O–H groups in total. The maximum atomic E-state index is 12.8. The van der Waals surface area contributed by atoms with E-state index >= 15 is 0 Å². The number of hydrogen-bond donors (Lipinski definition) is 9. The van der Waals surface area contributed by atoms with E-state index in [0.717, 1.165) is 18.2 Å². The summed E-state index contributed by atoms with van der Waals surface area (Å²) in [6.07, 6.45) is 4.55. The van der Waals surface area contributed by atoms with Crippen LogP contribution in [0, 0.1) is 45.6 Å². The number of aromatic hydroxyl groups is 3. The first kappa shape index (κ1) is 48.0. The first-order valence-electron chi connectivity index (χ1n) is 17.8. The fourth-order valence-corrected chi connectivity index (χ4v) is 8.13. The minimum atomic E-state index is -2.33. The molecule has 5 atom stereocenters. The summed E-state index contributed by atoms with van der Waals surface area (Å²) in [6, 6.07) is 3.32. The summed E-state index contributed by atoms with van der Waals surface area (Å²) in [5, 5.41) is 61.2. The van der Waals surface area contributed by atoms with Crippen molar-refractivity contribution in [3.63, 3.8) is 0 Å². The van der Waals surface area contributed by atoms with Crippen molar-refractivity contribution >= 4 is 17.9 Å². The van der Waals surface area contributed by atoms with Crippen LogP contribution in [0.4, 0.5) is 0 Å². The molecule has 4 rings (SSSR count). The third-order valence-electron chi connectivity index (χ3n) is 10.3. The average Bonchev–Trinajstić information content (AvgIpc) is 3.18. The molecule has 21 nitrogen and oxygen atoms in total. The van der Waals surface area contributed by atoms with Crippen molar-refractivity contribution in [1.29, 1.82) is 0 Å². The number of ether oxygens (including phenoxy) is 3. The summed E-state index contributed by atoms with van der Waals surface area (Å²) in [5.41, 5.74) is 11.2. The molecule has 0 aromatic carbocycles. The van der Waals surface area contributed by atoms with E-state index < -0.39 is 76.3 Å². The molecule has 0 aliphatic heterocycles. The first-order chi connectivity index (χ1) is 27.2. The third kappa shape index (κ3) is 9.72. The van der Waals surface area contributed by atoms with Gasteiger partial charge in [0.15, 0.2) is 22.6 Å². The molecule has 0 saturated heterocycles. The van der Waals surface area contributed by atoms with E-state index in [1.807, 2.05) is 0 Å². The normalized spacial score (nSPS) is 18.4. The van der Waals surface area contributed by atoms with Gasteiger partial charge in [-0.3, -0.25) is 9.59 Å². The molecule has 316 valence electrons. The number of nitrogens with zero attached hydrogens (tertiary/aromatic N) is 3. The molecule has 3 heterocycles. The van der Waals surface area contributed by atoms with Gasteiger partial charge in [0, 0.05) is 51.8 Å². The zero-order valence-electron chi connectivity index (χ0n) is 32.2. The Morgan fingerprint density at radius 2 is 0.948 bits per heavy atom. The van der Waals surface area contributed by atoms with Crippen molar-refractivity contribution in [2.45, 2.75) is 58.3 Å². The van der Waals surface area contributed by atoms with Crippen LogP contribution in [-0.2, 0) is 61.2 Å². The van der Waals surface area contributed by atoms with Crippen LogP contribution >= 0.6 is 0 Å². The Bertz CT molecular complexity index is 2050. The van der Waals surface area contributed by atoms with Gasteiger partial charge < -0.3 is 50.5 Å². The Morgan fingerprint density at radius 3 is 1.24 bits per heavy atom. The van der Waals surface area contributed by atoms with E-state index in [0.29, 0.717) is 19.6 Å². The van der Waals surface area contributed by atoms with Crippen LogP contribution in [0.5, 0.6) is 17.2 Å². The van der Waals surface area contributed by atoms with Gasteiger partial charge in [-0.2, -0.15) is 0 Å². The van der Waals surface area contributed by atoms with Gasteiger partial charge >= 0.3 is 138 Å². The number of rotatable bonds is 17. The summed E-state index contributed by atoms with van der Waals surface area (Å²) in [5.74, 6) is -8.63. The van der Waals surface area contributed by atoms with Crippen molar-refractivity contribution in [3.8, 4) is 17.2 Å². The number of carboxylic acids is 3. The zero-order chi connectivity index (χ0) is 43.7. The summed E-state index contributed by atoms with van der Waals surface area (Å²) in [4.78, 5) is 73.0. The van der Waals surface area contributed by atoms with Crippen LogP contribution in [0.3, 0.4) is 0 Å². The second kappa shape index (κ2) is 20.0. The molecule has 22 heteroatoms. The fraction of sp³-hybridized carbons (Fsp3) is 0.500. The third-order valence-corrected chi connectivity index (χ3v) is 11.9. The van der Waals surface area contributed by atoms with Gasteiger partial charge in [0.05, 0.1) is 24.6 Å². The zero-order valence-corrected chi connectivity index (χ0v) is 35.8. The number of nitrogens with two attached hydrogens (primary N) is 3. The molecule has 58 heavy (non-hydrogen) atoms. The Balaban J connectivity index is 0.000000417. The van der Waals surface area contributed by atoms with Gasteiger partial charge in [-0.25, -0.2) is 9.59 Å². The molecular formula is C36H49LaN6O15. The van der Waals surface area contributed by atoms with Gasteiger partial charge in [0.1, 0.15) is 0 Å². The molecule has 0 bridgehead atoms. The Morgan fingerprint density at radius 1 is 0.638 bits per heavy atom. The molecule has 3 aromatic rings. The monoisotopic (exact) mass is 944 g/mol. The molecule has 1 saturated carbocycles. The number of pyridine rings is 3. The quantitative estimate of drug-likeness (QED) is 0.0755. The van der Waals surface area contributed by atoms with Crippen molar-refractivity contribution in [2.24, 2.45) is 29.0 Å². The predicted octanol–water partition coefficient (Wildman–Crippen LogP) is -1.36. The van der Waals surface area contributed by atoms with E-state index in [4.69, 9.17) is 36.5 Å². The van der Waals surface area contributed by atoms with Gasteiger partial charge in [0.2, 0.25) is 10.9 Å². The molecule has 1 fully saturated rings. The predicted molar refractivity (Wildman–Crippen MR) is 199 cm³/mol. The Kier molecular flexibility index (Phi) is 16.6. The van der Waals surface area contributed by atoms with E-state index in [2.05, 4.69) is 0 Å². The molecule has 0 radical (unpaired) electrons. The molecular weight excluding hydrogens is 895 g/mol. The number of methoxy groups -OCH3 is 3. The maximum absolute atomic E-state index is 12.8. The second-order valence-electron chi connectivity index (χ2n) is 13.8. The van der Waals surface area contributed by atoms with E-state index in [1.165, 1.54) is 53.6 Å². The van der Waals surface area contributed by atoms with Gasteiger partial charge in [-0.15, -0.1) is 0 Å². The number of carbonyl (C=O) groups is 3. The summed E-state index contributed by atoms with van der Waals surface area (Å²) >= 11 is -0.193. The van der Waals surface area contributed by atoms with Gasteiger partial charge in [0.25, 0.3) is 0 Å². The Hall–Kier alpha value is -4.39. The topological polar surface area (TPSA) is 344 Å². The van der Waals surface area contributed by atoms with Crippen LogP contribution in [0.25, 0.3) is 0 Å². The summed E-state index contributed by atoms with van der Waals surface area (Å²) in [7, 11) is 4.36. The van der Waals surface area contributed by atoms with Crippen molar-refractivity contribution in [2.75, 3.05) is 41.2 Å². The fourth-order valence-electron chi connectivity index (χ4n) is 7.18. The van der Waals surface area contributed by atoms with E-state index in [9.17, 15) is 54.3 Å². The molecule has 1 aliphatic rings. The van der Waals surface area contributed by atoms with Crippen LogP contribution in [0.15, 0.2) is 51.2 Å². The molecule has 0 spiro atoms. The van der Waals surface area contributed by atoms with E-state index in [-0.39, 0.29) is 96.4 Å². The second-order valence-corrected chi connectivity index (χ2v) is 16.6. The Labute approximate surface area is 353 Å². The van der Waals surface area contributed by atoms with Crippen LogP contribution < -0.4 is 33.5 Å². The SMILES string of the molecule is COCCn1ccc(=O)c(O)c1C(N)(C(=O)O)C1CCCC(C(N)(C(=O)O)c2c(O)c(=O)ccn2CCOC)C1.COCCn1ccc(=O)c(O)c1[C](N)([La])C(=O)O. The van der Waals surface area contributed by atoms with Gasteiger partial charge in [-0.05, 0) is 31.1 Å². The standard InChI is InChI=1S/C26H36N4O10.C10H13N2O5.La/c1-39-12-10-29-8-6-17(31)19(33)21(29)25(27,23(35)36)15-4-3-5-16(14-15)26(28,24(37)38)22-20(34)18(32)7-9-30(22)11-13-40-2;1-17-5-4-12-3-2-6(13)9(14)8(12)7(11)10(15)16;/h6-9,15-16,33-34H,3-5,10-14,27-28H2,1-2H3,(H,35,36)(H,37,38);2-3,14H,4-5,11H2,1H3,(H,15,16);. The average molecular weight is 945 g/mol. The van der Waals surface area contributed by atoms with Crippen molar-refractivity contribution in [3.05, 3.63) is 84.5 Å².